The number of nitrogens with zero attached hydrogens (tertiary/aromatic N) is 2. The van der Waals surface area contributed by atoms with Gasteiger partial charge in [-0.15, -0.1) is 0 Å². The third-order valence-electron chi connectivity index (χ3n) is 3.45. The molecule has 2 rings (SSSR count). The van der Waals surface area contributed by atoms with Crippen molar-refractivity contribution < 1.29 is 4.74 Å². The van der Waals surface area contributed by atoms with Crippen molar-refractivity contribution >= 4 is 27.5 Å². The Morgan fingerprint density at radius 1 is 1.48 bits per heavy atom. The summed E-state index contributed by atoms with van der Waals surface area (Å²) in [7, 11) is 3.61. The largest absolute Gasteiger partial charge is 0.383 e. The summed E-state index contributed by atoms with van der Waals surface area (Å²) < 4.78 is 8.10. The molecule has 1 heterocycles. The minimum absolute atomic E-state index is 0.00930. The van der Waals surface area contributed by atoms with E-state index in [9.17, 15) is 0 Å². The van der Waals surface area contributed by atoms with Gasteiger partial charge in [-0.2, -0.15) is 5.10 Å². The highest BCUT2D eigenvalue weighted by atomic mass is 79.9. The SMILES string of the molecule is CNC(c1ccc(Br)cc1C)c1c(Cl)cnn1CCOC. The van der Waals surface area contributed by atoms with Crippen LogP contribution in [0.1, 0.15) is 22.9 Å². The van der Waals surface area contributed by atoms with Crippen LogP contribution in [0.25, 0.3) is 0 Å². The van der Waals surface area contributed by atoms with Gasteiger partial charge in [0.05, 0.1) is 36.1 Å². The highest BCUT2D eigenvalue weighted by Crippen LogP contribution is 2.31. The molecule has 6 heteroatoms. The maximum Gasteiger partial charge on any atom is 0.0837 e. The summed E-state index contributed by atoms with van der Waals surface area (Å²) in [5, 5.41) is 8.35. The first-order chi connectivity index (χ1) is 10.1. The lowest BCUT2D eigenvalue weighted by atomic mass is 9.99. The highest BCUT2D eigenvalue weighted by molar-refractivity contribution is 9.10. The molecule has 0 aliphatic carbocycles. The van der Waals surface area contributed by atoms with Gasteiger partial charge >= 0.3 is 0 Å². The molecular weight excluding hydrogens is 354 g/mol. The van der Waals surface area contributed by atoms with Crippen molar-refractivity contribution in [2.45, 2.75) is 19.5 Å². The zero-order valence-corrected chi connectivity index (χ0v) is 14.7. The molecule has 0 aliphatic rings. The monoisotopic (exact) mass is 371 g/mol. The van der Waals surface area contributed by atoms with Crippen LogP contribution in [-0.2, 0) is 11.3 Å². The molecule has 0 amide bonds. The number of aromatic nitrogens is 2. The van der Waals surface area contributed by atoms with E-state index >= 15 is 0 Å². The average molecular weight is 373 g/mol. The molecule has 114 valence electrons. The average Bonchev–Trinajstić information content (AvgIpc) is 2.81. The van der Waals surface area contributed by atoms with Gasteiger partial charge in [0, 0.05) is 11.6 Å². The molecule has 0 saturated heterocycles. The van der Waals surface area contributed by atoms with E-state index in [2.05, 4.69) is 45.4 Å². The fourth-order valence-corrected chi connectivity index (χ4v) is 3.14. The van der Waals surface area contributed by atoms with E-state index in [1.165, 1.54) is 11.1 Å². The van der Waals surface area contributed by atoms with Crippen LogP contribution < -0.4 is 5.32 Å². The van der Waals surface area contributed by atoms with Gasteiger partial charge < -0.3 is 10.1 Å². The van der Waals surface area contributed by atoms with Crippen molar-refractivity contribution in [1.82, 2.24) is 15.1 Å². The van der Waals surface area contributed by atoms with Gasteiger partial charge in [-0.05, 0) is 37.2 Å². The number of aryl methyl sites for hydroxylation is 1. The predicted molar refractivity (Wildman–Crippen MR) is 88.9 cm³/mol. The van der Waals surface area contributed by atoms with E-state index in [1.54, 1.807) is 13.3 Å². The fraction of sp³-hybridized carbons (Fsp3) is 0.400. The summed E-state index contributed by atoms with van der Waals surface area (Å²) in [6.45, 7) is 3.36. The number of nitrogens with one attached hydrogen (secondary N) is 1. The number of methoxy groups -OCH3 is 1. The second kappa shape index (κ2) is 7.40. The molecule has 1 atom stereocenters. The van der Waals surface area contributed by atoms with Crippen LogP contribution >= 0.6 is 27.5 Å². The Bertz CT molecular complexity index is 615. The molecule has 1 unspecified atom stereocenters. The van der Waals surface area contributed by atoms with Crippen LogP contribution in [0.5, 0.6) is 0 Å². The van der Waals surface area contributed by atoms with E-state index in [0.29, 0.717) is 18.2 Å². The Morgan fingerprint density at radius 3 is 2.86 bits per heavy atom. The van der Waals surface area contributed by atoms with Gasteiger partial charge in [0.25, 0.3) is 0 Å². The molecule has 0 fully saturated rings. The van der Waals surface area contributed by atoms with Crippen molar-refractivity contribution in [3.63, 3.8) is 0 Å². The van der Waals surface area contributed by atoms with E-state index < -0.39 is 0 Å². The molecular formula is C15H19BrClN3O. The van der Waals surface area contributed by atoms with E-state index in [1.807, 2.05) is 17.8 Å². The molecule has 1 N–H and O–H groups in total. The molecule has 1 aromatic carbocycles. The topological polar surface area (TPSA) is 39.1 Å². The van der Waals surface area contributed by atoms with Gasteiger partial charge in [0.1, 0.15) is 0 Å². The standard InChI is InChI=1S/C15H19BrClN3O/c1-10-8-11(16)4-5-12(10)14(18-2)15-13(17)9-19-20(15)6-7-21-3/h4-5,8-9,14,18H,6-7H2,1-3H3. The Kier molecular flexibility index (Phi) is 5.81. The maximum absolute atomic E-state index is 6.36. The summed E-state index contributed by atoms with van der Waals surface area (Å²) in [5.41, 5.74) is 3.34. The van der Waals surface area contributed by atoms with Crippen molar-refractivity contribution in [2.24, 2.45) is 0 Å². The van der Waals surface area contributed by atoms with Crippen LogP contribution in [0, 0.1) is 6.92 Å². The molecule has 0 bridgehead atoms. The number of benzene rings is 1. The first-order valence-electron chi connectivity index (χ1n) is 6.72. The van der Waals surface area contributed by atoms with E-state index in [0.717, 1.165) is 10.2 Å². The normalized spacial score (nSPS) is 12.6. The minimum atomic E-state index is -0.00930. The van der Waals surface area contributed by atoms with Crippen molar-refractivity contribution in [3.8, 4) is 0 Å². The smallest absolute Gasteiger partial charge is 0.0837 e. The quantitative estimate of drug-likeness (QED) is 0.842. The zero-order chi connectivity index (χ0) is 15.4. The lowest BCUT2D eigenvalue weighted by Crippen LogP contribution is -2.23. The van der Waals surface area contributed by atoms with E-state index in [4.69, 9.17) is 16.3 Å². The molecule has 1 aromatic heterocycles. The molecule has 0 saturated carbocycles. The lowest BCUT2D eigenvalue weighted by Gasteiger charge is -2.21. The van der Waals surface area contributed by atoms with Crippen LogP contribution in [0.4, 0.5) is 0 Å². The molecule has 2 aromatic rings. The summed E-state index contributed by atoms with van der Waals surface area (Å²) in [5.74, 6) is 0. The third kappa shape index (κ3) is 3.66. The fourth-order valence-electron chi connectivity index (χ4n) is 2.42. The Labute approximate surface area is 138 Å². The minimum Gasteiger partial charge on any atom is -0.383 e. The number of rotatable bonds is 6. The van der Waals surface area contributed by atoms with Crippen molar-refractivity contribution in [1.29, 1.82) is 0 Å². The molecule has 0 aliphatic heterocycles. The van der Waals surface area contributed by atoms with Crippen LogP contribution in [0.3, 0.4) is 0 Å². The number of halogens is 2. The first kappa shape index (κ1) is 16.5. The number of hydrogen-bond donors (Lipinski definition) is 1. The first-order valence-corrected chi connectivity index (χ1v) is 7.89. The second-order valence-electron chi connectivity index (χ2n) is 4.82. The molecule has 0 spiro atoms. The number of hydrogen-bond acceptors (Lipinski definition) is 3. The summed E-state index contributed by atoms with van der Waals surface area (Å²) in [6.07, 6.45) is 1.69. The van der Waals surface area contributed by atoms with Crippen molar-refractivity contribution in [2.75, 3.05) is 20.8 Å². The van der Waals surface area contributed by atoms with Gasteiger partial charge in [0.2, 0.25) is 0 Å². The summed E-state index contributed by atoms with van der Waals surface area (Å²) in [4.78, 5) is 0. The van der Waals surface area contributed by atoms with Crippen LogP contribution in [-0.4, -0.2) is 30.5 Å². The second-order valence-corrected chi connectivity index (χ2v) is 6.14. The molecule has 21 heavy (non-hydrogen) atoms. The van der Waals surface area contributed by atoms with Gasteiger partial charge in [0.15, 0.2) is 0 Å². The Balaban J connectivity index is 2.43. The molecule has 0 radical (unpaired) electrons. The highest BCUT2D eigenvalue weighted by Gasteiger charge is 2.22. The third-order valence-corrected chi connectivity index (χ3v) is 4.23. The van der Waals surface area contributed by atoms with Crippen LogP contribution in [0.2, 0.25) is 5.02 Å². The lowest BCUT2D eigenvalue weighted by molar-refractivity contribution is 0.182. The van der Waals surface area contributed by atoms with E-state index in [-0.39, 0.29) is 6.04 Å². The number of ether oxygens (including phenoxy) is 1. The molecule has 4 nitrogen and oxygen atoms in total. The zero-order valence-electron chi connectivity index (χ0n) is 12.4. The van der Waals surface area contributed by atoms with Gasteiger partial charge in [-0.3, -0.25) is 4.68 Å². The van der Waals surface area contributed by atoms with Gasteiger partial charge in [-0.1, -0.05) is 33.6 Å². The predicted octanol–water partition coefficient (Wildman–Crippen LogP) is 3.56. The van der Waals surface area contributed by atoms with Crippen molar-refractivity contribution in [3.05, 3.63) is 50.7 Å². The van der Waals surface area contributed by atoms with Crippen LogP contribution in [0.15, 0.2) is 28.9 Å². The summed E-state index contributed by atoms with van der Waals surface area (Å²) >= 11 is 9.86. The maximum atomic E-state index is 6.36. The summed E-state index contributed by atoms with van der Waals surface area (Å²) in [6, 6.07) is 6.23. The Morgan fingerprint density at radius 2 is 2.24 bits per heavy atom. The Hall–Kier alpha value is -0.880. The van der Waals surface area contributed by atoms with Gasteiger partial charge in [-0.25, -0.2) is 0 Å².